The number of benzene rings is 2. The van der Waals surface area contributed by atoms with Crippen LogP contribution in [-0.4, -0.2) is 22.1 Å². The van der Waals surface area contributed by atoms with E-state index in [0.717, 1.165) is 0 Å². The van der Waals surface area contributed by atoms with Gasteiger partial charge in [-0.05, 0) is 30.3 Å². The van der Waals surface area contributed by atoms with Crippen LogP contribution in [0.15, 0.2) is 60.9 Å². The number of carbonyl (C=O) groups is 1. The summed E-state index contributed by atoms with van der Waals surface area (Å²) in [5.41, 5.74) is 0.477. The number of aryl methyl sites for hydroxylation is 1. The molecule has 1 aromatic heterocycles. The van der Waals surface area contributed by atoms with Crippen molar-refractivity contribution in [3.8, 4) is 5.75 Å². The summed E-state index contributed by atoms with van der Waals surface area (Å²) in [6.45, 7) is -2.95. The number of nitrogens with zero attached hydrogens (tertiary/aromatic N) is 2. The second-order valence-corrected chi connectivity index (χ2v) is 5.73. The van der Waals surface area contributed by atoms with E-state index in [2.05, 4.69) is 15.0 Å². The summed E-state index contributed by atoms with van der Waals surface area (Å²) in [4.78, 5) is 16.8. The van der Waals surface area contributed by atoms with Crippen LogP contribution < -0.4 is 10.1 Å². The van der Waals surface area contributed by atoms with Crippen molar-refractivity contribution in [3.63, 3.8) is 0 Å². The van der Waals surface area contributed by atoms with Crippen molar-refractivity contribution in [1.82, 2.24) is 14.9 Å². The van der Waals surface area contributed by atoms with Crippen LogP contribution in [0.4, 0.5) is 13.2 Å². The molecule has 2 aromatic carbocycles. The number of ether oxygens (including phenoxy) is 1. The third-order valence-electron chi connectivity index (χ3n) is 3.95. The van der Waals surface area contributed by atoms with Crippen LogP contribution in [0.25, 0.3) is 0 Å². The number of rotatable bonds is 6. The summed E-state index contributed by atoms with van der Waals surface area (Å²) in [5, 5.41) is 2.74. The number of halogens is 3. The van der Waals surface area contributed by atoms with Gasteiger partial charge >= 0.3 is 6.61 Å². The zero-order chi connectivity index (χ0) is 19.4. The maximum atomic E-state index is 14.3. The van der Waals surface area contributed by atoms with Gasteiger partial charge in [-0.3, -0.25) is 4.79 Å². The molecule has 0 radical (unpaired) electrons. The summed E-state index contributed by atoms with van der Waals surface area (Å²) < 4.78 is 44.7. The average Bonchev–Trinajstić information content (AvgIpc) is 3.06. The zero-order valence-corrected chi connectivity index (χ0v) is 14.3. The fourth-order valence-corrected chi connectivity index (χ4v) is 2.65. The molecule has 0 saturated heterocycles. The standard InChI is InChI=1S/C19H16F3N3O2/c1-25-11-10-23-17(25)16(14-4-2-3-5-15(14)20)24-18(26)12-6-8-13(9-7-12)27-19(21)22/h2-11,16,19H,1H3,(H,24,26). The van der Waals surface area contributed by atoms with E-state index in [1.807, 2.05) is 0 Å². The fraction of sp³-hybridized carbons (Fsp3) is 0.158. The van der Waals surface area contributed by atoms with E-state index >= 15 is 0 Å². The normalized spacial score (nSPS) is 12.0. The van der Waals surface area contributed by atoms with E-state index in [1.165, 1.54) is 30.3 Å². The third kappa shape index (κ3) is 4.28. The molecule has 0 spiro atoms. The third-order valence-corrected chi connectivity index (χ3v) is 3.95. The Kier molecular flexibility index (Phi) is 5.44. The molecule has 0 aliphatic heterocycles. The van der Waals surface area contributed by atoms with Gasteiger partial charge in [-0.25, -0.2) is 9.37 Å². The molecule has 3 rings (SSSR count). The Balaban J connectivity index is 1.87. The number of imidazole rings is 1. The van der Waals surface area contributed by atoms with Crippen molar-refractivity contribution in [2.24, 2.45) is 7.05 Å². The minimum atomic E-state index is -2.95. The summed E-state index contributed by atoms with van der Waals surface area (Å²) in [7, 11) is 1.73. The molecule has 0 aliphatic rings. The molecule has 0 aliphatic carbocycles. The second-order valence-electron chi connectivity index (χ2n) is 5.73. The highest BCUT2D eigenvalue weighted by Gasteiger charge is 2.24. The number of alkyl halides is 2. The van der Waals surface area contributed by atoms with Crippen LogP contribution in [0, 0.1) is 5.82 Å². The minimum absolute atomic E-state index is 0.0590. The van der Waals surface area contributed by atoms with E-state index in [1.54, 1.807) is 42.2 Å². The van der Waals surface area contributed by atoms with E-state index < -0.39 is 24.4 Å². The van der Waals surface area contributed by atoms with E-state index in [0.29, 0.717) is 5.82 Å². The molecule has 8 heteroatoms. The smallest absolute Gasteiger partial charge is 0.387 e. The molecular weight excluding hydrogens is 359 g/mol. The molecule has 1 N–H and O–H groups in total. The van der Waals surface area contributed by atoms with Gasteiger partial charge in [-0.2, -0.15) is 8.78 Å². The van der Waals surface area contributed by atoms with Crippen LogP contribution in [0.2, 0.25) is 0 Å². The van der Waals surface area contributed by atoms with Crippen LogP contribution >= 0.6 is 0 Å². The summed E-state index contributed by atoms with van der Waals surface area (Å²) >= 11 is 0. The first-order valence-electron chi connectivity index (χ1n) is 8.03. The van der Waals surface area contributed by atoms with E-state index in [9.17, 15) is 18.0 Å². The number of carbonyl (C=O) groups excluding carboxylic acids is 1. The van der Waals surface area contributed by atoms with E-state index in [4.69, 9.17) is 0 Å². The number of hydrogen-bond donors (Lipinski definition) is 1. The first kappa shape index (κ1) is 18.5. The monoisotopic (exact) mass is 375 g/mol. The van der Waals surface area contributed by atoms with Crippen molar-refractivity contribution < 1.29 is 22.7 Å². The Morgan fingerprint density at radius 1 is 1.15 bits per heavy atom. The van der Waals surface area contributed by atoms with Crippen molar-refractivity contribution >= 4 is 5.91 Å². The Morgan fingerprint density at radius 3 is 2.44 bits per heavy atom. The quantitative estimate of drug-likeness (QED) is 0.715. The van der Waals surface area contributed by atoms with Crippen molar-refractivity contribution in [2.75, 3.05) is 0 Å². The lowest BCUT2D eigenvalue weighted by atomic mass is 10.0. The van der Waals surface area contributed by atoms with Crippen LogP contribution in [0.3, 0.4) is 0 Å². The van der Waals surface area contributed by atoms with Gasteiger partial charge in [-0.1, -0.05) is 18.2 Å². The number of hydrogen-bond acceptors (Lipinski definition) is 3. The predicted molar refractivity (Wildman–Crippen MR) is 92.0 cm³/mol. The van der Waals surface area contributed by atoms with Gasteiger partial charge < -0.3 is 14.6 Å². The second kappa shape index (κ2) is 7.94. The molecule has 1 amide bonds. The van der Waals surface area contributed by atoms with Gasteiger partial charge in [0.25, 0.3) is 5.91 Å². The van der Waals surface area contributed by atoms with Crippen molar-refractivity contribution in [1.29, 1.82) is 0 Å². The molecule has 1 heterocycles. The average molecular weight is 375 g/mol. The predicted octanol–water partition coefficient (Wildman–Crippen LogP) is 3.68. The first-order chi connectivity index (χ1) is 13.0. The highest BCUT2D eigenvalue weighted by Crippen LogP contribution is 2.24. The maximum absolute atomic E-state index is 14.3. The van der Waals surface area contributed by atoms with Gasteiger partial charge in [-0.15, -0.1) is 0 Å². The Hall–Kier alpha value is -3.29. The van der Waals surface area contributed by atoms with E-state index in [-0.39, 0.29) is 16.9 Å². The van der Waals surface area contributed by atoms with Crippen LogP contribution in [-0.2, 0) is 7.05 Å². The summed E-state index contributed by atoms with van der Waals surface area (Å²) in [5.74, 6) is -0.594. The largest absolute Gasteiger partial charge is 0.435 e. The highest BCUT2D eigenvalue weighted by molar-refractivity contribution is 5.94. The molecule has 1 atom stereocenters. The lowest BCUT2D eigenvalue weighted by Gasteiger charge is -2.20. The lowest BCUT2D eigenvalue weighted by Crippen LogP contribution is -2.31. The van der Waals surface area contributed by atoms with Crippen LogP contribution in [0.1, 0.15) is 27.8 Å². The molecule has 0 bridgehead atoms. The summed E-state index contributed by atoms with van der Waals surface area (Å²) in [6.07, 6.45) is 3.23. The highest BCUT2D eigenvalue weighted by atomic mass is 19.3. The number of nitrogens with one attached hydrogen (secondary N) is 1. The topological polar surface area (TPSA) is 56.2 Å². The minimum Gasteiger partial charge on any atom is -0.435 e. The maximum Gasteiger partial charge on any atom is 0.387 e. The van der Waals surface area contributed by atoms with Gasteiger partial charge in [0.2, 0.25) is 0 Å². The SMILES string of the molecule is Cn1ccnc1C(NC(=O)c1ccc(OC(F)F)cc1)c1ccccc1F. The zero-order valence-electron chi connectivity index (χ0n) is 14.3. The molecule has 140 valence electrons. The molecule has 27 heavy (non-hydrogen) atoms. The first-order valence-corrected chi connectivity index (χ1v) is 8.03. The van der Waals surface area contributed by atoms with Gasteiger partial charge in [0.1, 0.15) is 23.4 Å². The Morgan fingerprint density at radius 2 is 1.85 bits per heavy atom. The molecular formula is C19H16F3N3O2. The molecule has 1 unspecified atom stereocenters. The summed E-state index contributed by atoms with van der Waals surface area (Å²) in [6, 6.07) is 10.5. The van der Waals surface area contributed by atoms with Gasteiger partial charge in [0.05, 0.1) is 0 Å². The number of aromatic nitrogens is 2. The van der Waals surface area contributed by atoms with Crippen molar-refractivity contribution in [3.05, 3.63) is 83.7 Å². The Labute approximate surface area is 153 Å². The van der Waals surface area contributed by atoms with Crippen LogP contribution in [0.5, 0.6) is 5.75 Å². The lowest BCUT2D eigenvalue weighted by molar-refractivity contribution is -0.0498. The van der Waals surface area contributed by atoms with Crippen molar-refractivity contribution in [2.45, 2.75) is 12.7 Å². The molecule has 0 saturated carbocycles. The molecule has 3 aromatic rings. The fourth-order valence-electron chi connectivity index (χ4n) is 2.65. The number of amides is 1. The van der Waals surface area contributed by atoms with Gasteiger partial charge in [0.15, 0.2) is 0 Å². The van der Waals surface area contributed by atoms with Gasteiger partial charge in [0, 0.05) is 30.6 Å². The molecule has 0 fully saturated rings. The molecule has 5 nitrogen and oxygen atoms in total. The Bertz CT molecular complexity index is 926.